The molecule has 1 aromatic heterocycles. The Hall–Kier alpha value is -2.58. The van der Waals surface area contributed by atoms with E-state index in [-0.39, 0.29) is 18.6 Å². The Morgan fingerprint density at radius 2 is 2.12 bits per heavy atom. The number of aliphatic hydroxyl groups is 1. The number of benzene rings is 1. The van der Waals surface area contributed by atoms with E-state index in [1.54, 1.807) is 28.8 Å². The summed E-state index contributed by atoms with van der Waals surface area (Å²) in [5.41, 5.74) is 1.97. The average molecular weight is 323 g/mol. The van der Waals surface area contributed by atoms with Crippen LogP contribution in [0.2, 0.25) is 0 Å². The molecule has 124 valence electrons. The fourth-order valence-corrected chi connectivity index (χ4v) is 3.09. The van der Waals surface area contributed by atoms with Crippen molar-refractivity contribution in [3.8, 4) is 6.07 Å². The summed E-state index contributed by atoms with van der Waals surface area (Å²) >= 11 is 0. The van der Waals surface area contributed by atoms with Gasteiger partial charge in [0, 0.05) is 19.8 Å². The summed E-state index contributed by atoms with van der Waals surface area (Å²) in [5, 5.41) is 18.9. The second-order valence-electron chi connectivity index (χ2n) is 6.34. The standard InChI is InChI=1S/C19H21N3O2/c1-21-11-15(10-20)9-17(21)19(24)22(18(13-23)16-7-8-16)12-14-5-3-2-4-6-14/h2-6,9,11,16,18,23H,7-8,12-13H2,1H3/t18-/m0/s1. The monoisotopic (exact) mass is 323 g/mol. The first-order chi connectivity index (χ1) is 11.6. The number of carbonyl (C=O) groups excluding carboxylic acids is 1. The Bertz CT molecular complexity index is 757. The van der Waals surface area contributed by atoms with Gasteiger partial charge in [0.15, 0.2) is 0 Å². The molecular weight excluding hydrogens is 302 g/mol. The summed E-state index contributed by atoms with van der Waals surface area (Å²) in [4.78, 5) is 14.9. The maximum absolute atomic E-state index is 13.1. The largest absolute Gasteiger partial charge is 0.394 e. The topological polar surface area (TPSA) is 69.3 Å². The number of hydrogen-bond acceptors (Lipinski definition) is 3. The lowest BCUT2D eigenvalue weighted by Crippen LogP contribution is -2.44. The highest BCUT2D eigenvalue weighted by atomic mass is 16.3. The Kier molecular flexibility index (Phi) is 4.68. The SMILES string of the molecule is Cn1cc(C#N)cc1C(=O)N(Cc1ccccc1)[C@@H](CO)C1CC1. The van der Waals surface area contributed by atoms with Crippen molar-refractivity contribution < 1.29 is 9.90 Å². The minimum Gasteiger partial charge on any atom is -0.394 e. The van der Waals surface area contributed by atoms with Crippen molar-refractivity contribution >= 4 is 5.91 Å². The van der Waals surface area contributed by atoms with Crippen molar-refractivity contribution in [1.29, 1.82) is 5.26 Å². The molecule has 1 atom stereocenters. The Balaban J connectivity index is 1.92. The number of hydrogen-bond donors (Lipinski definition) is 1. The summed E-state index contributed by atoms with van der Waals surface area (Å²) in [7, 11) is 1.76. The molecule has 5 heteroatoms. The van der Waals surface area contributed by atoms with Crippen molar-refractivity contribution in [3.63, 3.8) is 0 Å². The summed E-state index contributed by atoms with van der Waals surface area (Å²) in [6.45, 7) is 0.410. The van der Waals surface area contributed by atoms with Crippen LogP contribution >= 0.6 is 0 Å². The number of aromatic nitrogens is 1. The zero-order valence-electron chi connectivity index (χ0n) is 13.7. The van der Waals surface area contributed by atoms with Gasteiger partial charge in [-0.05, 0) is 30.4 Å². The van der Waals surface area contributed by atoms with E-state index in [9.17, 15) is 9.90 Å². The lowest BCUT2D eigenvalue weighted by Gasteiger charge is -2.31. The molecule has 0 saturated heterocycles. The molecule has 1 aliphatic carbocycles. The molecule has 0 unspecified atom stereocenters. The molecule has 1 saturated carbocycles. The van der Waals surface area contributed by atoms with E-state index in [4.69, 9.17) is 5.26 Å². The molecule has 5 nitrogen and oxygen atoms in total. The van der Waals surface area contributed by atoms with Crippen LogP contribution in [0.5, 0.6) is 0 Å². The van der Waals surface area contributed by atoms with Crippen LogP contribution < -0.4 is 0 Å². The maximum atomic E-state index is 13.1. The van der Waals surface area contributed by atoms with E-state index in [1.165, 1.54) is 0 Å². The van der Waals surface area contributed by atoms with Gasteiger partial charge in [0.1, 0.15) is 11.8 Å². The first-order valence-electron chi connectivity index (χ1n) is 8.16. The lowest BCUT2D eigenvalue weighted by molar-refractivity contribution is 0.0522. The minimum atomic E-state index is -0.182. The van der Waals surface area contributed by atoms with E-state index in [1.807, 2.05) is 30.3 Å². The minimum absolute atomic E-state index is 0.0429. The fourth-order valence-electron chi connectivity index (χ4n) is 3.09. The number of amides is 1. The van der Waals surface area contributed by atoms with Gasteiger partial charge in [-0.2, -0.15) is 5.26 Å². The van der Waals surface area contributed by atoms with E-state index in [2.05, 4.69) is 6.07 Å². The molecule has 24 heavy (non-hydrogen) atoms. The number of nitriles is 1. The van der Waals surface area contributed by atoms with Gasteiger partial charge >= 0.3 is 0 Å². The molecule has 3 rings (SSSR count). The Morgan fingerprint density at radius 1 is 1.42 bits per heavy atom. The zero-order valence-corrected chi connectivity index (χ0v) is 13.7. The van der Waals surface area contributed by atoms with Gasteiger partial charge in [0.25, 0.3) is 5.91 Å². The zero-order chi connectivity index (χ0) is 17.1. The average Bonchev–Trinajstić information content (AvgIpc) is 3.36. The molecule has 1 aromatic carbocycles. The smallest absolute Gasteiger partial charge is 0.271 e. The lowest BCUT2D eigenvalue weighted by atomic mass is 10.1. The fraction of sp³-hybridized carbons (Fsp3) is 0.368. The van der Waals surface area contributed by atoms with E-state index in [0.29, 0.717) is 23.7 Å². The number of aliphatic hydroxyl groups excluding tert-OH is 1. The first kappa shape index (κ1) is 16.3. The van der Waals surface area contributed by atoms with Gasteiger partial charge in [-0.1, -0.05) is 30.3 Å². The van der Waals surface area contributed by atoms with Crippen molar-refractivity contribution in [2.75, 3.05) is 6.61 Å². The van der Waals surface area contributed by atoms with Crippen LogP contribution in [0, 0.1) is 17.2 Å². The maximum Gasteiger partial charge on any atom is 0.271 e. The number of aryl methyl sites for hydroxylation is 1. The molecule has 1 N–H and O–H groups in total. The summed E-state index contributed by atoms with van der Waals surface area (Å²) in [6.07, 6.45) is 3.74. The summed E-state index contributed by atoms with van der Waals surface area (Å²) in [5.74, 6) is 0.215. The van der Waals surface area contributed by atoms with E-state index < -0.39 is 0 Å². The van der Waals surface area contributed by atoms with Gasteiger partial charge in [-0.15, -0.1) is 0 Å². The number of carbonyl (C=O) groups is 1. The first-order valence-corrected chi connectivity index (χ1v) is 8.16. The van der Waals surface area contributed by atoms with Gasteiger partial charge in [-0.3, -0.25) is 4.79 Å². The Morgan fingerprint density at radius 3 is 2.67 bits per heavy atom. The van der Waals surface area contributed by atoms with Crippen molar-refractivity contribution in [1.82, 2.24) is 9.47 Å². The van der Waals surface area contributed by atoms with Crippen LogP contribution in [-0.2, 0) is 13.6 Å². The normalized spacial score (nSPS) is 14.9. The van der Waals surface area contributed by atoms with Gasteiger partial charge in [0.05, 0.1) is 18.2 Å². The second kappa shape index (κ2) is 6.90. The Labute approximate surface area is 141 Å². The number of rotatable bonds is 6. The van der Waals surface area contributed by atoms with Crippen LogP contribution in [-0.4, -0.2) is 33.1 Å². The molecule has 1 heterocycles. The van der Waals surface area contributed by atoms with Gasteiger partial charge < -0.3 is 14.6 Å². The highest BCUT2D eigenvalue weighted by Crippen LogP contribution is 2.36. The molecular formula is C19H21N3O2. The third-order valence-electron chi connectivity index (χ3n) is 4.56. The quantitative estimate of drug-likeness (QED) is 0.887. The molecule has 1 fully saturated rings. The highest BCUT2D eigenvalue weighted by Gasteiger charge is 2.37. The molecule has 0 aliphatic heterocycles. The summed E-state index contributed by atoms with van der Waals surface area (Å²) < 4.78 is 1.68. The number of nitrogens with zero attached hydrogens (tertiary/aromatic N) is 3. The molecule has 0 radical (unpaired) electrons. The van der Waals surface area contributed by atoms with Crippen LogP contribution in [0.4, 0.5) is 0 Å². The van der Waals surface area contributed by atoms with Crippen LogP contribution in [0.15, 0.2) is 42.6 Å². The molecule has 0 bridgehead atoms. The summed E-state index contributed by atoms with van der Waals surface area (Å²) in [6, 6.07) is 13.3. The van der Waals surface area contributed by atoms with E-state index >= 15 is 0 Å². The van der Waals surface area contributed by atoms with Crippen molar-refractivity contribution in [2.24, 2.45) is 13.0 Å². The van der Waals surface area contributed by atoms with Gasteiger partial charge in [0.2, 0.25) is 0 Å². The molecule has 2 aromatic rings. The van der Waals surface area contributed by atoms with Crippen LogP contribution in [0.3, 0.4) is 0 Å². The third-order valence-corrected chi connectivity index (χ3v) is 4.56. The van der Waals surface area contributed by atoms with Crippen LogP contribution in [0.25, 0.3) is 0 Å². The van der Waals surface area contributed by atoms with Crippen molar-refractivity contribution in [2.45, 2.75) is 25.4 Å². The van der Waals surface area contributed by atoms with Crippen LogP contribution in [0.1, 0.15) is 34.5 Å². The van der Waals surface area contributed by atoms with Crippen molar-refractivity contribution in [3.05, 3.63) is 59.4 Å². The predicted octanol–water partition coefficient (Wildman–Crippen LogP) is 2.31. The third kappa shape index (κ3) is 3.34. The van der Waals surface area contributed by atoms with E-state index in [0.717, 1.165) is 18.4 Å². The van der Waals surface area contributed by atoms with Gasteiger partial charge in [-0.25, -0.2) is 0 Å². The molecule has 0 spiro atoms. The second-order valence-corrected chi connectivity index (χ2v) is 6.34. The molecule has 1 aliphatic rings. The molecule has 1 amide bonds. The highest BCUT2D eigenvalue weighted by molar-refractivity contribution is 5.93. The predicted molar refractivity (Wildman–Crippen MR) is 90.0 cm³/mol.